The molecule has 1 aliphatic heterocycles. The Balaban J connectivity index is 1.36. The van der Waals surface area contributed by atoms with E-state index in [9.17, 15) is 15.3 Å². The van der Waals surface area contributed by atoms with E-state index in [-0.39, 0.29) is 24.6 Å². The maximum atomic E-state index is 10.7. The Morgan fingerprint density at radius 2 is 1.91 bits per heavy atom. The second-order valence-electron chi connectivity index (χ2n) is 7.79. The molecule has 4 heterocycles. The second kappa shape index (κ2) is 9.31. The first-order chi connectivity index (χ1) is 16.6. The van der Waals surface area contributed by atoms with Gasteiger partial charge in [-0.1, -0.05) is 24.3 Å². The van der Waals surface area contributed by atoms with E-state index in [1.54, 1.807) is 17.9 Å². The van der Waals surface area contributed by atoms with Crippen LogP contribution in [-0.4, -0.2) is 71.9 Å². The summed E-state index contributed by atoms with van der Waals surface area (Å²) >= 11 is 0. The van der Waals surface area contributed by atoms with E-state index in [0.717, 1.165) is 16.7 Å². The van der Waals surface area contributed by atoms with Crippen LogP contribution < -0.4 is 4.74 Å². The largest absolute Gasteiger partial charge is 0.492 e. The second-order valence-corrected chi connectivity index (χ2v) is 7.79. The van der Waals surface area contributed by atoms with Crippen molar-refractivity contribution in [3.05, 3.63) is 60.8 Å². The van der Waals surface area contributed by atoms with Gasteiger partial charge < -0.3 is 29.5 Å². The zero-order valence-electron chi connectivity index (χ0n) is 18.2. The van der Waals surface area contributed by atoms with Gasteiger partial charge in [0, 0.05) is 11.8 Å². The maximum absolute atomic E-state index is 10.7. The molecule has 3 aromatic heterocycles. The summed E-state index contributed by atoms with van der Waals surface area (Å²) in [5.74, 6) is 0.279. The van der Waals surface area contributed by atoms with Crippen LogP contribution in [0.2, 0.25) is 0 Å². The standard InChI is InChI=1S/C23H23N5O6/c1-32-22-15(3-2-8-24-22)14-6-4-13(5-7-14)10-33-19-18(30)16(9-29)34-23(19)28-12-27-17-20(28)25-11-26-21(17)31/h2-8,11-12,16,18-19,23,29-30H,9-10H2,1H3,(H,25,26,31)/t16-,18?,19?,23-/m1/s1. The molecule has 34 heavy (non-hydrogen) atoms. The third-order valence-corrected chi connectivity index (χ3v) is 5.78. The lowest BCUT2D eigenvalue weighted by Crippen LogP contribution is -2.35. The SMILES string of the molecule is COc1ncccc1-c1ccc(COC2C(O)[C@@H](CO)O[C@H]2n2cnc3c(O)ncnc32)cc1. The van der Waals surface area contributed by atoms with Crippen molar-refractivity contribution >= 4 is 11.2 Å². The predicted octanol–water partition coefficient (Wildman–Crippen LogP) is 1.44. The summed E-state index contributed by atoms with van der Waals surface area (Å²) in [5, 5.41) is 30.3. The highest BCUT2D eigenvalue weighted by molar-refractivity contribution is 5.75. The van der Waals surface area contributed by atoms with E-state index in [4.69, 9.17) is 14.2 Å². The highest BCUT2D eigenvalue weighted by Gasteiger charge is 2.46. The number of hydrogen-bond donors (Lipinski definition) is 3. The number of aliphatic hydroxyl groups excluding tert-OH is 2. The van der Waals surface area contributed by atoms with Crippen molar-refractivity contribution in [2.75, 3.05) is 13.7 Å². The molecule has 11 heteroatoms. The highest BCUT2D eigenvalue weighted by Crippen LogP contribution is 2.35. The Labute approximate surface area is 194 Å². The average molecular weight is 465 g/mol. The molecule has 0 saturated carbocycles. The molecule has 2 unspecified atom stereocenters. The van der Waals surface area contributed by atoms with Crippen molar-refractivity contribution < 1.29 is 29.5 Å². The van der Waals surface area contributed by atoms with Gasteiger partial charge in [0.05, 0.1) is 26.7 Å². The van der Waals surface area contributed by atoms with Gasteiger partial charge in [0.2, 0.25) is 11.8 Å². The number of ether oxygens (including phenoxy) is 3. The molecule has 0 aliphatic carbocycles. The fraction of sp³-hybridized carbons (Fsp3) is 0.304. The van der Waals surface area contributed by atoms with Crippen LogP contribution in [0.15, 0.2) is 55.2 Å². The van der Waals surface area contributed by atoms with E-state index >= 15 is 0 Å². The van der Waals surface area contributed by atoms with Gasteiger partial charge in [0.15, 0.2) is 17.4 Å². The quantitative estimate of drug-likeness (QED) is 0.366. The van der Waals surface area contributed by atoms with Crippen molar-refractivity contribution in [3.63, 3.8) is 0 Å². The van der Waals surface area contributed by atoms with E-state index < -0.39 is 24.5 Å². The van der Waals surface area contributed by atoms with Crippen molar-refractivity contribution in [2.24, 2.45) is 0 Å². The van der Waals surface area contributed by atoms with Gasteiger partial charge in [-0.3, -0.25) is 4.57 Å². The van der Waals surface area contributed by atoms with Gasteiger partial charge in [-0.05, 0) is 23.3 Å². The van der Waals surface area contributed by atoms with Crippen LogP contribution in [0.25, 0.3) is 22.3 Å². The zero-order valence-corrected chi connectivity index (χ0v) is 18.2. The molecule has 1 saturated heterocycles. The molecule has 0 radical (unpaired) electrons. The molecular weight excluding hydrogens is 442 g/mol. The van der Waals surface area contributed by atoms with Gasteiger partial charge in [-0.15, -0.1) is 0 Å². The third kappa shape index (κ3) is 3.94. The number of aromatic nitrogens is 5. The van der Waals surface area contributed by atoms with Crippen LogP contribution in [0.4, 0.5) is 0 Å². The number of nitrogens with zero attached hydrogens (tertiary/aromatic N) is 5. The number of rotatable bonds is 7. The molecule has 3 N–H and O–H groups in total. The van der Waals surface area contributed by atoms with E-state index in [0.29, 0.717) is 11.5 Å². The highest BCUT2D eigenvalue weighted by atomic mass is 16.6. The maximum Gasteiger partial charge on any atom is 0.242 e. The lowest BCUT2D eigenvalue weighted by molar-refractivity contribution is -0.0761. The van der Waals surface area contributed by atoms with Crippen molar-refractivity contribution in [1.29, 1.82) is 0 Å². The van der Waals surface area contributed by atoms with E-state index in [2.05, 4.69) is 19.9 Å². The van der Waals surface area contributed by atoms with Crippen LogP contribution in [0.3, 0.4) is 0 Å². The first-order valence-corrected chi connectivity index (χ1v) is 10.6. The van der Waals surface area contributed by atoms with Gasteiger partial charge in [-0.25, -0.2) is 15.0 Å². The zero-order chi connectivity index (χ0) is 23.7. The summed E-state index contributed by atoms with van der Waals surface area (Å²) in [6.45, 7) is -0.191. The first kappa shape index (κ1) is 22.2. The van der Waals surface area contributed by atoms with Crippen molar-refractivity contribution in [2.45, 2.75) is 31.1 Å². The minimum atomic E-state index is -1.08. The van der Waals surface area contributed by atoms with Crippen LogP contribution in [0, 0.1) is 0 Å². The topological polar surface area (TPSA) is 145 Å². The number of pyridine rings is 1. The third-order valence-electron chi connectivity index (χ3n) is 5.78. The lowest BCUT2D eigenvalue weighted by atomic mass is 10.1. The average Bonchev–Trinajstić information content (AvgIpc) is 3.44. The summed E-state index contributed by atoms with van der Waals surface area (Å²) < 4.78 is 18.8. The minimum absolute atomic E-state index is 0.192. The van der Waals surface area contributed by atoms with Crippen LogP contribution in [0.1, 0.15) is 11.8 Å². The minimum Gasteiger partial charge on any atom is -0.492 e. The van der Waals surface area contributed by atoms with Crippen molar-refractivity contribution in [3.8, 4) is 22.9 Å². The number of benzene rings is 1. The summed E-state index contributed by atoms with van der Waals surface area (Å²) in [5.41, 5.74) is 3.22. The summed E-state index contributed by atoms with van der Waals surface area (Å²) in [4.78, 5) is 16.2. The molecule has 5 rings (SSSR count). The van der Waals surface area contributed by atoms with Gasteiger partial charge in [0.1, 0.15) is 24.6 Å². The van der Waals surface area contributed by atoms with Gasteiger partial charge >= 0.3 is 0 Å². The molecule has 0 spiro atoms. The van der Waals surface area contributed by atoms with Crippen molar-refractivity contribution in [1.82, 2.24) is 24.5 Å². The molecule has 1 aromatic carbocycles. The fourth-order valence-corrected chi connectivity index (χ4v) is 4.05. The van der Waals surface area contributed by atoms with Gasteiger partial charge in [-0.2, -0.15) is 4.98 Å². The molecule has 176 valence electrons. The first-order valence-electron chi connectivity index (χ1n) is 10.6. The summed E-state index contributed by atoms with van der Waals surface area (Å²) in [7, 11) is 1.58. The van der Waals surface area contributed by atoms with Crippen LogP contribution >= 0.6 is 0 Å². The fourth-order valence-electron chi connectivity index (χ4n) is 4.05. The number of hydrogen-bond acceptors (Lipinski definition) is 10. The molecule has 1 aliphatic rings. The molecular formula is C23H23N5O6. The summed E-state index contributed by atoms with van der Waals surface area (Å²) in [6.07, 6.45) is 0.759. The Morgan fingerprint density at radius 1 is 1.09 bits per heavy atom. The number of imidazole rings is 1. The smallest absolute Gasteiger partial charge is 0.242 e. The van der Waals surface area contributed by atoms with E-state index in [1.165, 1.54) is 12.7 Å². The summed E-state index contributed by atoms with van der Waals surface area (Å²) in [6, 6.07) is 11.5. The van der Waals surface area contributed by atoms with Crippen LogP contribution in [0.5, 0.6) is 11.8 Å². The molecule has 11 nitrogen and oxygen atoms in total. The number of methoxy groups -OCH3 is 1. The molecule has 0 amide bonds. The Hall–Kier alpha value is -3.64. The normalized spacial score (nSPS) is 22.3. The Morgan fingerprint density at radius 3 is 2.68 bits per heavy atom. The van der Waals surface area contributed by atoms with E-state index in [1.807, 2.05) is 36.4 Å². The number of fused-ring (bicyclic) bond motifs is 1. The number of aliphatic hydroxyl groups is 2. The molecule has 4 atom stereocenters. The predicted molar refractivity (Wildman–Crippen MR) is 119 cm³/mol. The lowest BCUT2D eigenvalue weighted by Gasteiger charge is -2.22. The number of aromatic hydroxyl groups is 1. The molecule has 4 aromatic rings. The molecule has 1 fully saturated rings. The van der Waals surface area contributed by atoms with Crippen LogP contribution in [-0.2, 0) is 16.1 Å². The monoisotopic (exact) mass is 465 g/mol. The Kier molecular flexibility index (Phi) is 6.07. The molecule has 0 bridgehead atoms. The Bertz CT molecular complexity index is 1280. The van der Waals surface area contributed by atoms with Gasteiger partial charge in [0.25, 0.3) is 0 Å².